The summed E-state index contributed by atoms with van der Waals surface area (Å²) in [6.45, 7) is 11.9. The Morgan fingerprint density at radius 3 is 2.67 bits per heavy atom. The predicted octanol–water partition coefficient (Wildman–Crippen LogP) is 2.87. The van der Waals surface area contributed by atoms with E-state index < -0.39 is 0 Å². The van der Waals surface area contributed by atoms with Crippen LogP contribution in [0.5, 0.6) is 0 Å². The van der Waals surface area contributed by atoms with E-state index in [0.717, 1.165) is 37.0 Å². The van der Waals surface area contributed by atoms with E-state index in [-0.39, 0.29) is 5.91 Å². The van der Waals surface area contributed by atoms with E-state index in [1.54, 1.807) is 6.20 Å². The van der Waals surface area contributed by atoms with Crippen LogP contribution in [0.3, 0.4) is 0 Å². The molecule has 2 aliphatic rings. The van der Waals surface area contributed by atoms with E-state index in [2.05, 4.69) is 28.7 Å². The molecule has 27 heavy (non-hydrogen) atoms. The molecule has 6 nitrogen and oxygen atoms in total. The molecule has 2 saturated heterocycles. The lowest BCUT2D eigenvalue weighted by Gasteiger charge is -2.35. The Labute approximate surface area is 161 Å². The van der Waals surface area contributed by atoms with Crippen molar-refractivity contribution in [3.63, 3.8) is 0 Å². The number of amides is 1. The molecule has 6 heteroatoms. The summed E-state index contributed by atoms with van der Waals surface area (Å²) in [7, 11) is 0. The summed E-state index contributed by atoms with van der Waals surface area (Å²) in [5.74, 6) is 2.85. The van der Waals surface area contributed by atoms with Gasteiger partial charge in [0, 0.05) is 32.0 Å². The number of piperidine rings is 1. The fraction of sp³-hybridized carbons (Fsp3) is 0.667. The minimum Gasteiger partial charge on any atom is -0.337 e. The number of likely N-dealkylation sites (tertiary alicyclic amines) is 2. The van der Waals surface area contributed by atoms with Crippen LogP contribution in [-0.4, -0.2) is 62.8 Å². The zero-order chi connectivity index (χ0) is 19.0. The van der Waals surface area contributed by atoms with Crippen LogP contribution < -0.4 is 0 Å². The van der Waals surface area contributed by atoms with Crippen LogP contribution in [0.2, 0.25) is 0 Å². The van der Waals surface area contributed by atoms with Crippen LogP contribution in [0.25, 0.3) is 5.78 Å². The Hall–Kier alpha value is -1.95. The Morgan fingerprint density at radius 1 is 1.19 bits per heavy atom. The molecule has 0 radical (unpaired) electrons. The highest BCUT2D eigenvalue weighted by atomic mass is 16.2. The Morgan fingerprint density at radius 2 is 1.93 bits per heavy atom. The molecule has 2 fully saturated rings. The van der Waals surface area contributed by atoms with E-state index in [4.69, 9.17) is 0 Å². The quantitative estimate of drug-likeness (QED) is 0.832. The molecule has 0 saturated carbocycles. The molecule has 4 rings (SSSR count). The highest BCUT2D eigenvalue weighted by Crippen LogP contribution is 2.32. The molecule has 0 spiro atoms. The van der Waals surface area contributed by atoms with Crippen molar-refractivity contribution >= 4 is 11.7 Å². The van der Waals surface area contributed by atoms with Gasteiger partial charge in [-0.05, 0) is 63.1 Å². The van der Waals surface area contributed by atoms with Crippen molar-refractivity contribution in [2.75, 3.05) is 32.7 Å². The van der Waals surface area contributed by atoms with Crippen LogP contribution in [0.15, 0.2) is 18.5 Å². The van der Waals surface area contributed by atoms with Gasteiger partial charge in [-0.1, -0.05) is 13.8 Å². The van der Waals surface area contributed by atoms with Crippen LogP contribution in [-0.2, 0) is 0 Å². The number of carbonyl (C=O) groups is 1. The second kappa shape index (κ2) is 7.58. The summed E-state index contributed by atoms with van der Waals surface area (Å²) in [5, 5.41) is 0. The summed E-state index contributed by atoms with van der Waals surface area (Å²) in [6.07, 6.45) is 7.28. The van der Waals surface area contributed by atoms with Gasteiger partial charge in [-0.15, -0.1) is 0 Å². The van der Waals surface area contributed by atoms with Crippen molar-refractivity contribution in [3.8, 4) is 0 Å². The summed E-state index contributed by atoms with van der Waals surface area (Å²) in [6, 6.07) is 1.85. The van der Waals surface area contributed by atoms with Gasteiger partial charge in [-0.3, -0.25) is 9.20 Å². The molecule has 0 N–H and O–H groups in total. The summed E-state index contributed by atoms with van der Waals surface area (Å²) in [5.41, 5.74) is 1.44. The minimum absolute atomic E-state index is 0.104. The van der Waals surface area contributed by atoms with Crippen LogP contribution in [0.4, 0.5) is 0 Å². The largest absolute Gasteiger partial charge is 0.337 e. The smallest absolute Gasteiger partial charge is 0.272 e. The summed E-state index contributed by atoms with van der Waals surface area (Å²) in [4.78, 5) is 26.5. The van der Waals surface area contributed by atoms with Gasteiger partial charge >= 0.3 is 0 Å². The minimum atomic E-state index is 0.104. The number of imidazole rings is 1. The standard InChI is InChI=1S/C21H31N5O/c1-15(2)13-24-10-5-17(6-11-24)18-7-12-25(14-18)20(27)19-16(3)23-21-22-8-4-9-26(19)21/h4,8-9,15,17-18H,5-7,10-14H2,1-3H3. The second-order valence-corrected chi connectivity index (χ2v) is 8.67. The molecule has 2 aromatic rings. The van der Waals surface area contributed by atoms with Gasteiger partial charge in [-0.2, -0.15) is 0 Å². The molecule has 1 amide bonds. The number of aromatic nitrogens is 3. The predicted molar refractivity (Wildman–Crippen MR) is 106 cm³/mol. The highest BCUT2D eigenvalue weighted by molar-refractivity contribution is 5.94. The van der Waals surface area contributed by atoms with E-state index in [1.807, 2.05) is 28.5 Å². The zero-order valence-electron chi connectivity index (χ0n) is 16.8. The van der Waals surface area contributed by atoms with Crippen molar-refractivity contribution in [2.45, 2.75) is 40.0 Å². The first-order valence-corrected chi connectivity index (χ1v) is 10.3. The van der Waals surface area contributed by atoms with Crippen molar-refractivity contribution in [1.82, 2.24) is 24.2 Å². The molecule has 0 aromatic carbocycles. The lowest BCUT2D eigenvalue weighted by atomic mass is 9.83. The molecule has 2 aliphatic heterocycles. The average molecular weight is 370 g/mol. The maximum absolute atomic E-state index is 13.2. The van der Waals surface area contributed by atoms with E-state index in [0.29, 0.717) is 17.4 Å². The molecule has 2 aromatic heterocycles. The normalized spacial score (nSPS) is 22.2. The number of carbonyl (C=O) groups excluding carboxylic acids is 1. The van der Waals surface area contributed by atoms with E-state index in [9.17, 15) is 4.79 Å². The van der Waals surface area contributed by atoms with Crippen molar-refractivity contribution in [1.29, 1.82) is 0 Å². The third-order valence-corrected chi connectivity index (χ3v) is 6.21. The second-order valence-electron chi connectivity index (χ2n) is 8.67. The lowest BCUT2D eigenvalue weighted by Crippen LogP contribution is -2.39. The molecule has 0 bridgehead atoms. The molecule has 0 aliphatic carbocycles. The number of nitrogens with zero attached hydrogens (tertiary/aromatic N) is 5. The molecule has 1 unspecified atom stereocenters. The SMILES string of the molecule is Cc1nc2ncccn2c1C(=O)N1CCC(C2CCN(CC(C)C)CC2)C1. The Balaban J connectivity index is 1.40. The van der Waals surface area contributed by atoms with Crippen LogP contribution in [0.1, 0.15) is 49.3 Å². The van der Waals surface area contributed by atoms with Crippen molar-refractivity contribution in [3.05, 3.63) is 29.8 Å². The van der Waals surface area contributed by atoms with E-state index >= 15 is 0 Å². The van der Waals surface area contributed by atoms with Crippen LogP contribution >= 0.6 is 0 Å². The summed E-state index contributed by atoms with van der Waals surface area (Å²) < 4.78 is 1.83. The number of aryl methyl sites for hydroxylation is 1. The maximum atomic E-state index is 13.2. The molecular formula is C21H31N5O. The first-order chi connectivity index (χ1) is 13.0. The average Bonchev–Trinajstić information content (AvgIpc) is 3.25. The fourth-order valence-corrected chi connectivity index (χ4v) is 4.89. The third kappa shape index (κ3) is 3.72. The molecular weight excluding hydrogens is 338 g/mol. The van der Waals surface area contributed by atoms with Gasteiger partial charge < -0.3 is 9.80 Å². The highest BCUT2D eigenvalue weighted by Gasteiger charge is 2.35. The third-order valence-electron chi connectivity index (χ3n) is 6.21. The Kier molecular flexibility index (Phi) is 5.17. The zero-order valence-corrected chi connectivity index (χ0v) is 16.8. The maximum Gasteiger partial charge on any atom is 0.272 e. The van der Waals surface area contributed by atoms with E-state index in [1.165, 1.54) is 32.5 Å². The van der Waals surface area contributed by atoms with Crippen LogP contribution in [0, 0.1) is 24.7 Å². The molecule has 1 atom stereocenters. The van der Waals surface area contributed by atoms with Gasteiger partial charge in [0.25, 0.3) is 5.91 Å². The first-order valence-electron chi connectivity index (χ1n) is 10.3. The van der Waals surface area contributed by atoms with Gasteiger partial charge in [0.05, 0.1) is 5.69 Å². The van der Waals surface area contributed by atoms with Gasteiger partial charge in [0.15, 0.2) is 0 Å². The fourth-order valence-electron chi connectivity index (χ4n) is 4.89. The topological polar surface area (TPSA) is 53.7 Å². The monoisotopic (exact) mass is 369 g/mol. The number of hydrogen-bond acceptors (Lipinski definition) is 4. The first kappa shape index (κ1) is 18.4. The molecule has 146 valence electrons. The van der Waals surface area contributed by atoms with Gasteiger partial charge in [0.1, 0.15) is 5.69 Å². The number of fused-ring (bicyclic) bond motifs is 1. The Bertz CT molecular complexity index is 806. The van der Waals surface area contributed by atoms with Gasteiger partial charge in [0.2, 0.25) is 5.78 Å². The van der Waals surface area contributed by atoms with Crippen molar-refractivity contribution in [2.24, 2.45) is 17.8 Å². The van der Waals surface area contributed by atoms with Gasteiger partial charge in [-0.25, -0.2) is 9.97 Å². The number of rotatable bonds is 4. The lowest BCUT2D eigenvalue weighted by molar-refractivity contribution is 0.0764. The summed E-state index contributed by atoms with van der Waals surface area (Å²) >= 11 is 0. The molecule has 4 heterocycles. The van der Waals surface area contributed by atoms with Crippen molar-refractivity contribution < 1.29 is 4.79 Å². The number of hydrogen-bond donors (Lipinski definition) is 0.